The Hall–Kier alpha value is -1.76. The van der Waals surface area contributed by atoms with Crippen LogP contribution in [0.5, 0.6) is 5.75 Å². The van der Waals surface area contributed by atoms with Gasteiger partial charge in [0, 0.05) is 0 Å². The van der Waals surface area contributed by atoms with Crippen LogP contribution in [0.3, 0.4) is 0 Å². The molecule has 0 heterocycles. The fourth-order valence-corrected chi connectivity index (χ4v) is 1.52. The van der Waals surface area contributed by atoms with Crippen LogP contribution in [0.1, 0.15) is 11.1 Å². The second-order valence-corrected chi connectivity index (χ2v) is 3.43. The third-order valence-electron chi connectivity index (χ3n) is 2.35. The van der Waals surface area contributed by atoms with E-state index in [2.05, 4.69) is 30.3 Å². The van der Waals surface area contributed by atoms with Gasteiger partial charge in [-0.1, -0.05) is 36.4 Å². The summed E-state index contributed by atoms with van der Waals surface area (Å²) in [5, 5.41) is 0. The van der Waals surface area contributed by atoms with Crippen LogP contribution in [-0.4, -0.2) is 7.11 Å². The first kappa shape index (κ1) is 9.78. The number of hydrogen-bond acceptors (Lipinski definition) is 1. The molecule has 0 spiro atoms. The number of ether oxygens (including phenoxy) is 1. The monoisotopic (exact) mass is 197 g/mol. The quantitative estimate of drug-likeness (QED) is 0.734. The Bertz CT molecular complexity index is 403. The molecule has 1 radical (unpaired) electrons. The largest absolute Gasteiger partial charge is 0.497 e. The lowest BCUT2D eigenvalue weighted by Crippen LogP contribution is -1.88. The molecule has 0 N–H and O–H groups in total. The van der Waals surface area contributed by atoms with Crippen molar-refractivity contribution in [3.63, 3.8) is 0 Å². The van der Waals surface area contributed by atoms with E-state index in [9.17, 15) is 0 Å². The molecule has 0 aliphatic carbocycles. The van der Waals surface area contributed by atoms with Crippen LogP contribution in [0.15, 0.2) is 48.5 Å². The summed E-state index contributed by atoms with van der Waals surface area (Å²) < 4.78 is 5.11. The lowest BCUT2D eigenvalue weighted by Gasteiger charge is -2.03. The molecular weight excluding hydrogens is 184 g/mol. The lowest BCUT2D eigenvalue weighted by atomic mass is 10.1. The molecule has 2 rings (SSSR count). The smallest absolute Gasteiger partial charge is 0.118 e. The number of rotatable bonds is 3. The molecule has 1 nitrogen and oxygen atoms in total. The molecule has 0 unspecified atom stereocenters. The van der Waals surface area contributed by atoms with Crippen molar-refractivity contribution < 1.29 is 4.74 Å². The topological polar surface area (TPSA) is 9.23 Å². The average Bonchev–Trinajstić information content (AvgIpc) is 2.31. The Labute approximate surface area is 90.3 Å². The highest BCUT2D eigenvalue weighted by Crippen LogP contribution is 2.14. The third-order valence-corrected chi connectivity index (χ3v) is 2.35. The van der Waals surface area contributed by atoms with E-state index in [1.807, 2.05) is 24.3 Å². The zero-order valence-corrected chi connectivity index (χ0v) is 8.73. The van der Waals surface area contributed by atoms with Crippen molar-refractivity contribution in [2.45, 2.75) is 6.42 Å². The summed E-state index contributed by atoms with van der Waals surface area (Å²) in [5.41, 5.74) is 2.60. The molecule has 0 bridgehead atoms. The first-order valence-electron chi connectivity index (χ1n) is 4.96. The minimum atomic E-state index is 0.903. The third kappa shape index (κ3) is 2.59. The van der Waals surface area contributed by atoms with Gasteiger partial charge in [-0.05, 0) is 35.7 Å². The van der Waals surface area contributed by atoms with Crippen LogP contribution < -0.4 is 4.74 Å². The highest BCUT2D eigenvalue weighted by molar-refractivity contribution is 5.31. The minimum absolute atomic E-state index is 0.903. The summed E-state index contributed by atoms with van der Waals surface area (Å²) in [6.07, 6.45) is 0.957. The van der Waals surface area contributed by atoms with Crippen molar-refractivity contribution in [1.29, 1.82) is 0 Å². The zero-order valence-electron chi connectivity index (χ0n) is 8.73. The van der Waals surface area contributed by atoms with E-state index in [0.29, 0.717) is 0 Å². The Balaban J connectivity index is 2.11. The molecule has 0 saturated heterocycles. The van der Waals surface area contributed by atoms with E-state index < -0.39 is 0 Å². The fourth-order valence-electron chi connectivity index (χ4n) is 1.52. The van der Waals surface area contributed by atoms with Crippen molar-refractivity contribution in [2.75, 3.05) is 7.11 Å². The fraction of sp³-hybridized carbons (Fsp3) is 0.143. The van der Waals surface area contributed by atoms with Crippen LogP contribution in [0.4, 0.5) is 0 Å². The number of hydrogen-bond donors (Lipinski definition) is 0. The molecule has 75 valence electrons. The van der Waals surface area contributed by atoms with Crippen molar-refractivity contribution in [2.24, 2.45) is 0 Å². The van der Waals surface area contributed by atoms with Crippen molar-refractivity contribution in [3.8, 4) is 5.75 Å². The summed E-state index contributed by atoms with van der Waals surface area (Å²) in [4.78, 5) is 0. The predicted molar refractivity (Wildman–Crippen MR) is 61.1 cm³/mol. The zero-order chi connectivity index (χ0) is 10.5. The van der Waals surface area contributed by atoms with Gasteiger partial charge in [-0.15, -0.1) is 0 Å². The molecular formula is C14H13O. The number of methoxy groups -OCH3 is 1. The van der Waals surface area contributed by atoms with Gasteiger partial charge in [0.1, 0.15) is 5.75 Å². The summed E-state index contributed by atoms with van der Waals surface area (Å²) in [6.45, 7) is 0. The standard InChI is InChI=1S/C14H13O/c1-15-14-9-7-13(8-10-14)11-12-5-3-2-4-6-12/h3-10H,11H2,1H3. The Morgan fingerprint density at radius 1 is 0.933 bits per heavy atom. The van der Waals surface area contributed by atoms with Crippen LogP contribution in [-0.2, 0) is 6.42 Å². The van der Waals surface area contributed by atoms with Gasteiger partial charge in [0.25, 0.3) is 0 Å². The molecule has 0 atom stereocenters. The molecule has 2 aromatic carbocycles. The van der Waals surface area contributed by atoms with Crippen LogP contribution >= 0.6 is 0 Å². The molecule has 0 aliphatic rings. The molecule has 0 saturated carbocycles. The molecule has 0 aliphatic heterocycles. The average molecular weight is 197 g/mol. The van der Waals surface area contributed by atoms with Gasteiger partial charge in [0.05, 0.1) is 7.11 Å². The predicted octanol–water partition coefficient (Wildman–Crippen LogP) is 3.09. The van der Waals surface area contributed by atoms with E-state index in [0.717, 1.165) is 12.2 Å². The minimum Gasteiger partial charge on any atom is -0.497 e. The highest BCUT2D eigenvalue weighted by atomic mass is 16.5. The Morgan fingerprint density at radius 2 is 1.53 bits per heavy atom. The maximum Gasteiger partial charge on any atom is 0.118 e. The van der Waals surface area contributed by atoms with Crippen LogP contribution in [0.25, 0.3) is 0 Å². The van der Waals surface area contributed by atoms with Crippen molar-refractivity contribution in [3.05, 3.63) is 65.7 Å². The number of benzene rings is 2. The van der Waals surface area contributed by atoms with Crippen LogP contribution in [0, 0.1) is 6.07 Å². The van der Waals surface area contributed by atoms with Gasteiger partial charge in [0.2, 0.25) is 0 Å². The van der Waals surface area contributed by atoms with E-state index in [1.165, 1.54) is 11.1 Å². The second kappa shape index (κ2) is 4.65. The van der Waals surface area contributed by atoms with Gasteiger partial charge in [-0.3, -0.25) is 0 Å². The van der Waals surface area contributed by atoms with Gasteiger partial charge < -0.3 is 4.74 Å². The van der Waals surface area contributed by atoms with E-state index in [1.54, 1.807) is 7.11 Å². The molecule has 0 aromatic heterocycles. The molecule has 0 fully saturated rings. The summed E-state index contributed by atoms with van der Waals surface area (Å²) in [5.74, 6) is 0.903. The Kier molecular flexibility index (Phi) is 3.03. The summed E-state index contributed by atoms with van der Waals surface area (Å²) in [7, 11) is 1.68. The van der Waals surface area contributed by atoms with Gasteiger partial charge >= 0.3 is 0 Å². The van der Waals surface area contributed by atoms with Crippen molar-refractivity contribution >= 4 is 0 Å². The van der Waals surface area contributed by atoms with Gasteiger partial charge in [-0.25, -0.2) is 0 Å². The van der Waals surface area contributed by atoms with Crippen LogP contribution in [0.2, 0.25) is 0 Å². The molecule has 1 heteroatoms. The second-order valence-electron chi connectivity index (χ2n) is 3.43. The van der Waals surface area contributed by atoms with Gasteiger partial charge in [-0.2, -0.15) is 0 Å². The molecule has 2 aromatic rings. The van der Waals surface area contributed by atoms with E-state index >= 15 is 0 Å². The van der Waals surface area contributed by atoms with Gasteiger partial charge in [0.15, 0.2) is 0 Å². The lowest BCUT2D eigenvalue weighted by molar-refractivity contribution is 0.414. The first-order chi connectivity index (χ1) is 7.38. The Morgan fingerprint density at radius 3 is 2.13 bits per heavy atom. The molecule has 15 heavy (non-hydrogen) atoms. The van der Waals surface area contributed by atoms with E-state index in [-0.39, 0.29) is 0 Å². The normalized spacial score (nSPS) is 9.93. The molecule has 0 amide bonds. The maximum absolute atomic E-state index is 5.11. The highest BCUT2D eigenvalue weighted by Gasteiger charge is 1.96. The maximum atomic E-state index is 5.11. The SMILES string of the molecule is COc1ccc(Cc2cc[c]cc2)cc1. The van der Waals surface area contributed by atoms with E-state index in [4.69, 9.17) is 4.74 Å². The first-order valence-corrected chi connectivity index (χ1v) is 4.96. The summed E-state index contributed by atoms with van der Waals surface area (Å²) >= 11 is 0. The summed E-state index contributed by atoms with van der Waals surface area (Å²) in [6, 6.07) is 19.2. The van der Waals surface area contributed by atoms with Crippen molar-refractivity contribution in [1.82, 2.24) is 0 Å².